The zero-order valence-corrected chi connectivity index (χ0v) is 9.93. The van der Waals surface area contributed by atoms with Crippen LogP contribution in [-0.2, 0) is 6.42 Å². The fourth-order valence-corrected chi connectivity index (χ4v) is 1.99. The van der Waals surface area contributed by atoms with Crippen LogP contribution in [0.1, 0.15) is 17.2 Å². The van der Waals surface area contributed by atoms with Crippen LogP contribution >= 0.6 is 0 Å². The van der Waals surface area contributed by atoms with Crippen molar-refractivity contribution >= 4 is 0 Å². The van der Waals surface area contributed by atoms with Crippen LogP contribution in [0, 0.1) is 0 Å². The van der Waals surface area contributed by atoms with Gasteiger partial charge in [-0.25, -0.2) is 0 Å². The molecule has 88 valence electrons. The molecule has 0 saturated heterocycles. The Labute approximate surface area is 102 Å². The summed E-state index contributed by atoms with van der Waals surface area (Å²) >= 11 is 0. The van der Waals surface area contributed by atoms with E-state index in [2.05, 4.69) is 17.4 Å². The summed E-state index contributed by atoms with van der Waals surface area (Å²) in [5.41, 5.74) is 2.39. The summed E-state index contributed by atoms with van der Waals surface area (Å²) in [7, 11) is 1.96. The maximum absolute atomic E-state index is 9.45. The normalized spacial score (nSPS) is 12.3. The van der Waals surface area contributed by atoms with Crippen molar-refractivity contribution in [3.05, 3.63) is 65.7 Å². The number of likely N-dealkylation sites (N-methyl/N-ethyl adjacent to an activating group) is 1. The van der Waals surface area contributed by atoms with E-state index in [0.29, 0.717) is 5.75 Å². The van der Waals surface area contributed by atoms with Gasteiger partial charge in [0.1, 0.15) is 5.75 Å². The first kappa shape index (κ1) is 11.7. The molecule has 0 saturated carbocycles. The quantitative estimate of drug-likeness (QED) is 0.841. The van der Waals surface area contributed by atoms with E-state index in [9.17, 15) is 5.11 Å². The zero-order valence-electron chi connectivity index (χ0n) is 9.93. The summed E-state index contributed by atoms with van der Waals surface area (Å²) in [5.74, 6) is 0.324. The summed E-state index contributed by atoms with van der Waals surface area (Å²) in [6.45, 7) is 0. The van der Waals surface area contributed by atoms with E-state index >= 15 is 0 Å². The van der Waals surface area contributed by atoms with Gasteiger partial charge in [-0.1, -0.05) is 42.5 Å². The number of aromatic hydroxyl groups is 1. The summed E-state index contributed by atoms with van der Waals surface area (Å²) < 4.78 is 0. The first-order valence-corrected chi connectivity index (χ1v) is 5.79. The molecular weight excluding hydrogens is 210 g/mol. The number of phenolic OH excluding ortho intramolecular Hbond substituents is 1. The van der Waals surface area contributed by atoms with Gasteiger partial charge in [-0.3, -0.25) is 0 Å². The average Bonchev–Trinajstić information content (AvgIpc) is 2.37. The predicted octanol–water partition coefficient (Wildman–Crippen LogP) is 2.90. The molecule has 0 amide bonds. The highest BCUT2D eigenvalue weighted by molar-refractivity contribution is 5.29. The Morgan fingerprint density at radius 3 is 2.47 bits per heavy atom. The van der Waals surface area contributed by atoms with Crippen molar-refractivity contribution in [2.24, 2.45) is 0 Å². The second-order valence-corrected chi connectivity index (χ2v) is 4.13. The summed E-state index contributed by atoms with van der Waals surface area (Å²) in [4.78, 5) is 0. The van der Waals surface area contributed by atoms with Crippen molar-refractivity contribution in [1.29, 1.82) is 0 Å². The molecule has 0 aromatic heterocycles. The van der Waals surface area contributed by atoms with Gasteiger partial charge in [0.15, 0.2) is 0 Å². The monoisotopic (exact) mass is 227 g/mol. The van der Waals surface area contributed by atoms with Crippen LogP contribution in [0.2, 0.25) is 0 Å². The molecule has 0 aliphatic heterocycles. The number of hydrogen-bond acceptors (Lipinski definition) is 2. The van der Waals surface area contributed by atoms with Crippen molar-refractivity contribution < 1.29 is 5.11 Å². The van der Waals surface area contributed by atoms with Gasteiger partial charge in [0.25, 0.3) is 0 Å². The van der Waals surface area contributed by atoms with Gasteiger partial charge in [-0.15, -0.1) is 0 Å². The van der Waals surface area contributed by atoms with Gasteiger partial charge >= 0.3 is 0 Å². The van der Waals surface area contributed by atoms with Gasteiger partial charge in [0.2, 0.25) is 0 Å². The zero-order chi connectivity index (χ0) is 12.1. The second kappa shape index (κ2) is 5.51. The smallest absolute Gasteiger partial charge is 0.115 e. The Balaban J connectivity index is 2.16. The Hall–Kier alpha value is -1.80. The minimum Gasteiger partial charge on any atom is -0.508 e. The molecule has 2 heteroatoms. The summed E-state index contributed by atoms with van der Waals surface area (Å²) in [5, 5.41) is 12.8. The molecule has 17 heavy (non-hydrogen) atoms. The van der Waals surface area contributed by atoms with E-state index in [-0.39, 0.29) is 6.04 Å². The molecule has 0 heterocycles. The summed E-state index contributed by atoms with van der Waals surface area (Å²) in [6.07, 6.45) is 0.870. The minimum atomic E-state index is 0.276. The van der Waals surface area contributed by atoms with Crippen molar-refractivity contribution in [1.82, 2.24) is 5.32 Å². The molecule has 0 aliphatic carbocycles. The van der Waals surface area contributed by atoms with Crippen LogP contribution in [0.25, 0.3) is 0 Å². The highest BCUT2D eigenvalue weighted by Gasteiger charge is 2.09. The molecule has 2 rings (SSSR count). The third-order valence-electron chi connectivity index (χ3n) is 2.90. The van der Waals surface area contributed by atoms with Crippen molar-refractivity contribution in [2.75, 3.05) is 7.05 Å². The van der Waals surface area contributed by atoms with Gasteiger partial charge in [0.05, 0.1) is 0 Å². The molecule has 2 N–H and O–H groups in total. The van der Waals surface area contributed by atoms with Crippen LogP contribution < -0.4 is 5.32 Å². The molecule has 0 aliphatic rings. The second-order valence-electron chi connectivity index (χ2n) is 4.13. The fourth-order valence-electron chi connectivity index (χ4n) is 1.99. The first-order chi connectivity index (χ1) is 8.29. The van der Waals surface area contributed by atoms with E-state index in [0.717, 1.165) is 12.0 Å². The molecule has 2 nitrogen and oxygen atoms in total. The van der Waals surface area contributed by atoms with Crippen LogP contribution in [0.15, 0.2) is 54.6 Å². The molecule has 0 spiro atoms. The van der Waals surface area contributed by atoms with Gasteiger partial charge in [-0.2, -0.15) is 0 Å². The Morgan fingerprint density at radius 2 is 1.82 bits per heavy atom. The van der Waals surface area contributed by atoms with Crippen molar-refractivity contribution in [3.8, 4) is 5.75 Å². The van der Waals surface area contributed by atoms with Gasteiger partial charge in [-0.05, 0) is 36.7 Å². The Bertz CT molecular complexity index is 467. The standard InChI is InChI=1S/C15H17NO/c1-16-15(13-7-3-2-4-8-13)11-12-6-5-9-14(17)10-12/h2-10,15-17H,11H2,1H3. The number of hydrogen-bond donors (Lipinski definition) is 2. The van der Waals surface area contributed by atoms with Gasteiger partial charge in [0, 0.05) is 6.04 Å². The largest absolute Gasteiger partial charge is 0.508 e. The number of rotatable bonds is 4. The number of nitrogens with one attached hydrogen (secondary N) is 1. The first-order valence-electron chi connectivity index (χ1n) is 5.79. The number of benzene rings is 2. The number of phenols is 1. The molecule has 1 unspecified atom stereocenters. The Kier molecular flexibility index (Phi) is 3.78. The lowest BCUT2D eigenvalue weighted by atomic mass is 9.99. The van der Waals surface area contributed by atoms with Crippen LogP contribution in [-0.4, -0.2) is 12.2 Å². The minimum absolute atomic E-state index is 0.276. The summed E-state index contributed by atoms with van der Waals surface area (Å²) in [6, 6.07) is 18.0. The van der Waals surface area contributed by atoms with E-state index in [4.69, 9.17) is 0 Å². The molecular formula is C15H17NO. The van der Waals surface area contributed by atoms with Crippen molar-refractivity contribution in [3.63, 3.8) is 0 Å². The third-order valence-corrected chi connectivity index (χ3v) is 2.90. The van der Waals surface area contributed by atoms with Gasteiger partial charge < -0.3 is 10.4 Å². The van der Waals surface area contributed by atoms with Crippen molar-refractivity contribution in [2.45, 2.75) is 12.5 Å². The molecule has 1 atom stereocenters. The van der Waals surface area contributed by atoms with Crippen LogP contribution in [0.4, 0.5) is 0 Å². The molecule has 0 bridgehead atoms. The van der Waals surface area contributed by atoms with Crippen LogP contribution in [0.3, 0.4) is 0 Å². The van der Waals surface area contributed by atoms with E-state index in [1.165, 1.54) is 5.56 Å². The SMILES string of the molecule is CNC(Cc1cccc(O)c1)c1ccccc1. The Morgan fingerprint density at radius 1 is 1.06 bits per heavy atom. The average molecular weight is 227 g/mol. The fraction of sp³-hybridized carbons (Fsp3) is 0.200. The lowest BCUT2D eigenvalue weighted by Crippen LogP contribution is -2.18. The maximum Gasteiger partial charge on any atom is 0.115 e. The van der Waals surface area contributed by atoms with E-state index in [1.807, 2.05) is 43.4 Å². The molecule has 0 radical (unpaired) electrons. The lowest BCUT2D eigenvalue weighted by Gasteiger charge is -2.16. The highest BCUT2D eigenvalue weighted by atomic mass is 16.3. The highest BCUT2D eigenvalue weighted by Crippen LogP contribution is 2.20. The molecule has 0 fully saturated rings. The predicted molar refractivity (Wildman–Crippen MR) is 70.1 cm³/mol. The third kappa shape index (κ3) is 3.08. The topological polar surface area (TPSA) is 32.3 Å². The maximum atomic E-state index is 9.45. The van der Waals surface area contributed by atoms with Crippen LogP contribution in [0.5, 0.6) is 5.75 Å². The van der Waals surface area contributed by atoms with E-state index in [1.54, 1.807) is 6.07 Å². The van der Waals surface area contributed by atoms with E-state index < -0.39 is 0 Å². The lowest BCUT2D eigenvalue weighted by molar-refractivity contribution is 0.473. The molecule has 2 aromatic carbocycles. The molecule has 2 aromatic rings.